The van der Waals surface area contributed by atoms with Crippen molar-refractivity contribution in [1.29, 1.82) is 0 Å². The molecule has 0 radical (unpaired) electrons. The first-order chi connectivity index (χ1) is 9.55. The Kier molecular flexibility index (Phi) is 3.24. The molecule has 4 heteroatoms. The molecule has 0 amide bonds. The maximum atomic E-state index is 5.92. The van der Waals surface area contributed by atoms with Gasteiger partial charge in [-0.05, 0) is 42.9 Å². The van der Waals surface area contributed by atoms with E-state index in [1.165, 1.54) is 19.3 Å². The van der Waals surface area contributed by atoms with Crippen LogP contribution in [0.5, 0.6) is 0 Å². The number of nitrogens with two attached hydrogens (primary N) is 1. The number of nitrogens with zero attached hydrogens (tertiary/aromatic N) is 3. The lowest BCUT2D eigenvalue weighted by atomic mass is 9.85. The SMILES string of the molecule is CC1(C)CCCN(c2ncnc3ccc(N)cc23)CC1. The van der Waals surface area contributed by atoms with Gasteiger partial charge in [-0.1, -0.05) is 13.8 Å². The van der Waals surface area contributed by atoms with Crippen molar-refractivity contribution in [3.05, 3.63) is 24.5 Å². The van der Waals surface area contributed by atoms with Crippen LogP contribution in [0.25, 0.3) is 10.9 Å². The Morgan fingerprint density at radius 3 is 2.85 bits per heavy atom. The minimum atomic E-state index is 0.427. The Balaban J connectivity index is 1.99. The lowest BCUT2D eigenvalue weighted by Gasteiger charge is -2.24. The van der Waals surface area contributed by atoms with E-state index >= 15 is 0 Å². The van der Waals surface area contributed by atoms with Crippen molar-refractivity contribution in [3.63, 3.8) is 0 Å². The molecule has 0 unspecified atom stereocenters. The van der Waals surface area contributed by atoms with Gasteiger partial charge in [-0.15, -0.1) is 0 Å². The summed E-state index contributed by atoms with van der Waals surface area (Å²) in [6, 6.07) is 5.85. The summed E-state index contributed by atoms with van der Waals surface area (Å²) in [6.07, 6.45) is 5.33. The third kappa shape index (κ3) is 2.55. The summed E-state index contributed by atoms with van der Waals surface area (Å²) >= 11 is 0. The maximum Gasteiger partial charge on any atom is 0.139 e. The van der Waals surface area contributed by atoms with E-state index in [0.717, 1.165) is 35.5 Å². The molecule has 0 aliphatic carbocycles. The van der Waals surface area contributed by atoms with Gasteiger partial charge in [-0.3, -0.25) is 0 Å². The highest BCUT2D eigenvalue weighted by Gasteiger charge is 2.24. The third-order valence-corrected chi connectivity index (χ3v) is 4.28. The molecule has 0 spiro atoms. The fourth-order valence-electron chi connectivity index (χ4n) is 2.95. The summed E-state index contributed by atoms with van der Waals surface area (Å²) in [7, 11) is 0. The first kappa shape index (κ1) is 13.2. The van der Waals surface area contributed by atoms with E-state index in [9.17, 15) is 0 Å². The first-order valence-corrected chi connectivity index (χ1v) is 7.30. The van der Waals surface area contributed by atoms with Gasteiger partial charge in [-0.2, -0.15) is 0 Å². The number of benzene rings is 1. The van der Waals surface area contributed by atoms with Gasteiger partial charge in [0.1, 0.15) is 12.1 Å². The predicted molar refractivity (Wildman–Crippen MR) is 83.8 cm³/mol. The Morgan fingerprint density at radius 1 is 1.15 bits per heavy atom. The molecule has 0 atom stereocenters. The molecule has 1 fully saturated rings. The molecule has 3 rings (SSSR count). The monoisotopic (exact) mass is 270 g/mol. The van der Waals surface area contributed by atoms with E-state index in [2.05, 4.69) is 28.7 Å². The molecule has 1 aliphatic rings. The molecule has 1 aromatic carbocycles. The van der Waals surface area contributed by atoms with Crippen LogP contribution in [-0.2, 0) is 0 Å². The number of rotatable bonds is 1. The van der Waals surface area contributed by atoms with Gasteiger partial charge < -0.3 is 10.6 Å². The number of nitrogen functional groups attached to an aromatic ring is 1. The fourth-order valence-corrected chi connectivity index (χ4v) is 2.95. The van der Waals surface area contributed by atoms with Gasteiger partial charge >= 0.3 is 0 Å². The molecular weight excluding hydrogens is 248 g/mol. The van der Waals surface area contributed by atoms with Gasteiger partial charge in [0.2, 0.25) is 0 Å². The molecule has 4 nitrogen and oxygen atoms in total. The lowest BCUT2D eigenvalue weighted by Crippen LogP contribution is -2.26. The standard InChI is InChI=1S/C16H22N4/c1-16(2)6-3-8-20(9-7-16)15-13-10-12(17)4-5-14(13)18-11-19-15/h4-5,10-11H,3,6-9,17H2,1-2H3. The number of hydrogen-bond acceptors (Lipinski definition) is 4. The normalized spacial score (nSPS) is 19.0. The number of hydrogen-bond donors (Lipinski definition) is 1. The van der Waals surface area contributed by atoms with Crippen LogP contribution in [0, 0.1) is 5.41 Å². The molecule has 2 heterocycles. The smallest absolute Gasteiger partial charge is 0.139 e. The third-order valence-electron chi connectivity index (χ3n) is 4.28. The summed E-state index contributed by atoms with van der Waals surface area (Å²) in [5.74, 6) is 1.03. The van der Waals surface area contributed by atoms with E-state index in [-0.39, 0.29) is 0 Å². The Morgan fingerprint density at radius 2 is 2.00 bits per heavy atom. The van der Waals surface area contributed by atoms with Crippen LogP contribution in [-0.4, -0.2) is 23.1 Å². The summed E-state index contributed by atoms with van der Waals surface area (Å²) in [5.41, 5.74) is 8.08. The number of anilines is 2. The summed E-state index contributed by atoms with van der Waals surface area (Å²) in [5, 5.41) is 1.06. The molecule has 106 valence electrons. The van der Waals surface area contributed by atoms with Crippen molar-refractivity contribution in [1.82, 2.24) is 9.97 Å². The van der Waals surface area contributed by atoms with Crippen LogP contribution in [0.4, 0.5) is 11.5 Å². The Bertz CT molecular complexity index is 621. The average molecular weight is 270 g/mol. The minimum Gasteiger partial charge on any atom is -0.399 e. The van der Waals surface area contributed by atoms with Gasteiger partial charge in [0.25, 0.3) is 0 Å². The van der Waals surface area contributed by atoms with Gasteiger partial charge in [0.05, 0.1) is 5.52 Å². The van der Waals surface area contributed by atoms with Crippen LogP contribution in [0.3, 0.4) is 0 Å². The highest BCUT2D eigenvalue weighted by Crippen LogP contribution is 2.33. The summed E-state index contributed by atoms with van der Waals surface area (Å²) in [4.78, 5) is 11.2. The van der Waals surface area contributed by atoms with Gasteiger partial charge in [0.15, 0.2) is 0 Å². The van der Waals surface area contributed by atoms with Crippen LogP contribution >= 0.6 is 0 Å². The van der Waals surface area contributed by atoms with Crippen LogP contribution < -0.4 is 10.6 Å². The lowest BCUT2D eigenvalue weighted by molar-refractivity contribution is 0.325. The predicted octanol–water partition coefficient (Wildman–Crippen LogP) is 3.23. The zero-order chi connectivity index (χ0) is 14.2. The minimum absolute atomic E-state index is 0.427. The molecular formula is C16H22N4. The van der Waals surface area contributed by atoms with Crippen molar-refractivity contribution in [3.8, 4) is 0 Å². The summed E-state index contributed by atoms with van der Waals surface area (Å²) in [6.45, 7) is 6.82. The van der Waals surface area contributed by atoms with Crippen LogP contribution in [0.15, 0.2) is 24.5 Å². The maximum absolute atomic E-state index is 5.92. The van der Waals surface area contributed by atoms with E-state index < -0.39 is 0 Å². The van der Waals surface area contributed by atoms with Crippen LogP contribution in [0.2, 0.25) is 0 Å². The molecule has 2 N–H and O–H groups in total. The molecule has 2 aromatic rings. The highest BCUT2D eigenvalue weighted by molar-refractivity contribution is 5.91. The van der Waals surface area contributed by atoms with E-state index in [1.54, 1.807) is 6.33 Å². The second-order valence-corrected chi connectivity index (χ2v) is 6.48. The molecule has 1 aromatic heterocycles. The molecule has 1 aliphatic heterocycles. The average Bonchev–Trinajstić information content (AvgIpc) is 2.59. The van der Waals surface area contributed by atoms with Gasteiger partial charge in [0, 0.05) is 24.2 Å². The van der Waals surface area contributed by atoms with Crippen molar-refractivity contribution in [2.24, 2.45) is 5.41 Å². The Hall–Kier alpha value is -1.84. The highest BCUT2D eigenvalue weighted by atomic mass is 15.2. The van der Waals surface area contributed by atoms with Crippen molar-refractivity contribution in [2.45, 2.75) is 33.1 Å². The molecule has 0 saturated carbocycles. The number of aromatic nitrogens is 2. The zero-order valence-corrected chi connectivity index (χ0v) is 12.3. The van der Waals surface area contributed by atoms with Crippen molar-refractivity contribution in [2.75, 3.05) is 23.7 Å². The zero-order valence-electron chi connectivity index (χ0n) is 12.3. The number of fused-ring (bicyclic) bond motifs is 1. The summed E-state index contributed by atoms with van der Waals surface area (Å²) < 4.78 is 0. The quantitative estimate of drug-likeness (QED) is 0.808. The van der Waals surface area contributed by atoms with Crippen LogP contribution in [0.1, 0.15) is 33.1 Å². The topological polar surface area (TPSA) is 55.0 Å². The molecule has 1 saturated heterocycles. The van der Waals surface area contributed by atoms with Crippen molar-refractivity contribution >= 4 is 22.4 Å². The van der Waals surface area contributed by atoms with E-state index in [4.69, 9.17) is 5.73 Å². The largest absolute Gasteiger partial charge is 0.399 e. The second kappa shape index (κ2) is 4.93. The van der Waals surface area contributed by atoms with Gasteiger partial charge in [-0.25, -0.2) is 9.97 Å². The molecule has 0 bridgehead atoms. The van der Waals surface area contributed by atoms with Crippen molar-refractivity contribution < 1.29 is 0 Å². The Labute approximate surface area is 120 Å². The molecule has 20 heavy (non-hydrogen) atoms. The van der Waals surface area contributed by atoms with E-state index in [1.807, 2.05) is 18.2 Å². The fraction of sp³-hybridized carbons (Fsp3) is 0.500. The van der Waals surface area contributed by atoms with E-state index in [0.29, 0.717) is 5.41 Å². The second-order valence-electron chi connectivity index (χ2n) is 6.48. The first-order valence-electron chi connectivity index (χ1n) is 7.30.